The van der Waals surface area contributed by atoms with Crippen LogP contribution in [0.15, 0.2) is 70.9 Å². The van der Waals surface area contributed by atoms with Crippen molar-refractivity contribution in [1.82, 2.24) is 24.8 Å². The number of halogens is 1. The number of H-pyrrole nitrogens is 1. The van der Waals surface area contributed by atoms with E-state index in [-0.39, 0.29) is 0 Å². The van der Waals surface area contributed by atoms with Crippen LogP contribution in [0.5, 0.6) is 0 Å². The third kappa shape index (κ3) is 6.28. The molecular formula is C28H35BrN6. The molecule has 0 spiro atoms. The molecule has 0 saturated carbocycles. The highest BCUT2D eigenvalue weighted by molar-refractivity contribution is 9.10. The van der Waals surface area contributed by atoms with Crippen molar-refractivity contribution >= 4 is 32.8 Å². The van der Waals surface area contributed by atoms with Crippen LogP contribution in [0.25, 0.3) is 22.6 Å². The SMILES string of the molecule is C=C(C)/C=C(\C=C/C)CN1CCN(c2c(Br)cnc3nc(-c4ccc(CN(C)C)cc4)[nH]c23)CC1. The lowest BCUT2D eigenvalue weighted by molar-refractivity contribution is 0.280. The number of imidazole rings is 1. The van der Waals surface area contributed by atoms with Crippen LogP contribution in [0.1, 0.15) is 19.4 Å². The molecule has 3 aromatic rings. The van der Waals surface area contributed by atoms with Gasteiger partial charge in [0.05, 0.1) is 10.2 Å². The minimum atomic E-state index is 0.748. The van der Waals surface area contributed by atoms with Crippen molar-refractivity contribution in [3.05, 3.63) is 76.5 Å². The maximum absolute atomic E-state index is 4.81. The highest BCUT2D eigenvalue weighted by Crippen LogP contribution is 2.34. The van der Waals surface area contributed by atoms with Crippen molar-refractivity contribution < 1.29 is 0 Å². The van der Waals surface area contributed by atoms with Gasteiger partial charge in [0.25, 0.3) is 0 Å². The van der Waals surface area contributed by atoms with E-state index in [1.54, 1.807) is 0 Å². The van der Waals surface area contributed by atoms with E-state index < -0.39 is 0 Å². The number of rotatable bonds is 8. The normalized spacial score (nSPS) is 15.6. The van der Waals surface area contributed by atoms with Crippen molar-refractivity contribution in [2.75, 3.05) is 51.7 Å². The quantitative estimate of drug-likeness (QED) is 0.378. The second-order valence-corrected chi connectivity index (χ2v) is 10.4. The summed E-state index contributed by atoms with van der Waals surface area (Å²) in [5, 5.41) is 0. The number of fused-ring (bicyclic) bond motifs is 1. The minimum absolute atomic E-state index is 0.748. The highest BCUT2D eigenvalue weighted by atomic mass is 79.9. The molecule has 7 heteroatoms. The number of anilines is 1. The molecule has 3 heterocycles. The summed E-state index contributed by atoms with van der Waals surface area (Å²) in [4.78, 5) is 20.1. The van der Waals surface area contributed by atoms with E-state index in [1.807, 2.05) is 13.1 Å². The predicted molar refractivity (Wildman–Crippen MR) is 151 cm³/mol. The molecule has 1 aliphatic rings. The molecule has 2 aromatic heterocycles. The smallest absolute Gasteiger partial charge is 0.180 e. The first-order valence-corrected chi connectivity index (χ1v) is 12.9. The van der Waals surface area contributed by atoms with E-state index in [2.05, 4.69) is 111 Å². The second-order valence-electron chi connectivity index (χ2n) is 9.50. The standard InChI is InChI=1S/C28H35BrN6/c1-6-7-22(16-20(2)3)19-34-12-14-35(15-13-34)26-24(29)17-30-28-25(26)31-27(32-28)23-10-8-21(9-11-23)18-33(4)5/h6-11,16-17H,2,12-15,18-19H2,1,3-5H3,(H,30,31,32)/b7-6-,22-16+. The van der Waals surface area contributed by atoms with E-state index in [0.717, 1.165) is 77.6 Å². The molecule has 184 valence electrons. The van der Waals surface area contributed by atoms with Crippen molar-refractivity contribution in [2.24, 2.45) is 0 Å². The Hall–Kier alpha value is -2.74. The number of hydrogen-bond acceptors (Lipinski definition) is 5. The number of pyridine rings is 1. The number of benzene rings is 1. The van der Waals surface area contributed by atoms with Gasteiger partial charge in [-0.25, -0.2) is 9.97 Å². The Balaban J connectivity index is 1.53. The van der Waals surface area contributed by atoms with Gasteiger partial charge in [0.15, 0.2) is 5.65 Å². The van der Waals surface area contributed by atoms with Crippen LogP contribution >= 0.6 is 15.9 Å². The summed E-state index contributed by atoms with van der Waals surface area (Å²) in [5.74, 6) is 0.850. The molecule has 1 N–H and O–H groups in total. The lowest BCUT2D eigenvalue weighted by Crippen LogP contribution is -2.47. The molecule has 1 aromatic carbocycles. The second kappa shape index (κ2) is 11.3. The first kappa shape index (κ1) is 25.4. The van der Waals surface area contributed by atoms with Crippen molar-refractivity contribution in [1.29, 1.82) is 0 Å². The zero-order chi connectivity index (χ0) is 24.9. The lowest BCUT2D eigenvalue weighted by atomic mass is 10.1. The van der Waals surface area contributed by atoms with Gasteiger partial charge in [-0.2, -0.15) is 0 Å². The highest BCUT2D eigenvalue weighted by Gasteiger charge is 2.23. The minimum Gasteiger partial charge on any atom is -0.366 e. The summed E-state index contributed by atoms with van der Waals surface area (Å²) in [6.45, 7) is 13.9. The predicted octanol–water partition coefficient (Wildman–Crippen LogP) is 5.65. The van der Waals surface area contributed by atoms with Gasteiger partial charge in [-0.15, -0.1) is 0 Å². The Labute approximate surface area is 217 Å². The average molecular weight is 536 g/mol. The third-order valence-electron chi connectivity index (χ3n) is 6.08. The molecule has 0 bridgehead atoms. The monoisotopic (exact) mass is 534 g/mol. The average Bonchev–Trinajstić information content (AvgIpc) is 3.24. The van der Waals surface area contributed by atoms with Gasteiger partial charge in [0.1, 0.15) is 11.3 Å². The maximum atomic E-state index is 4.81. The van der Waals surface area contributed by atoms with E-state index in [9.17, 15) is 0 Å². The molecule has 0 aliphatic carbocycles. The Morgan fingerprint density at radius 2 is 1.89 bits per heavy atom. The van der Waals surface area contributed by atoms with E-state index in [1.165, 1.54) is 11.1 Å². The van der Waals surface area contributed by atoms with Crippen molar-refractivity contribution in [3.63, 3.8) is 0 Å². The van der Waals surface area contributed by atoms with Gasteiger partial charge in [-0.1, -0.05) is 54.6 Å². The van der Waals surface area contributed by atoms with E-state index >= 15 is 0 Å². The summed E-state index contributed by atoms with van der Waals surface area (Å²) in [6, 6.07) is 8.59. The Bertz CT molecular complexity index is 1230. The Morgan fingerprint density at radius 1 is 1.17 bits per heavy atom. The molecule has 0 atom stereocenters. The fraction of sp³-hybridized carbons (Fsp3) is 0.357. The fourth-order valence-electron chi connectivity index (χ4n) is 4.56. The lowest BCUT2D eigenvalue weighted by Gasteiger charge is -2.36. The van der Waals surface area contributed by atoms with Gasteiger partial charge in [0.2, 0.25) is 0 Å². The molecule has 0 radical (unpaired) electrons. The zero-order valence-electron chi connectivity index (χ0n) is 21.2. The number of aromatic amines is 1. The van der Waals surface area contributed by atoms with Crippen molar-refractivity contribution in [3.8, 4) is 11.4 Å². The van der Waals surface area contributed by atoms with Crippen LogP contribution in [-0.2, 0) is 6.54 Å². The maximum Gasteiger partial charge on any atom is 0.180 e. The van der Waals surface area contributed by atoms with Crippen LogP contribution in [0.2, 0.25) is 0 Å². The molecule has 1 fully saturated rings. The summed E-state index contributed by atoms with van der Waals surface area (Å²) in [6.07, 6.45) is 8.33. The zero-order valence-corrected chi connectivity index (χ0v) is 22.8. The molecule has 0 amide bonds. The van der Waals surface area contributed by atoms with Crippen LogP contribution in [0.3, 0.4) is 0 Å². The molecule has 1 saturated heterocycles. The van der Waals surface area contributed by atoms with Gasteiger partial charge in [-0.3, -0.25) is 4.90 Å². The van der Waals surface area contributed by atoms with E-state index in [0.29, 0.717) is 0 Å². The summed E-state index contributed by atoms with van der Waals surface area (Å²) in [5.41, 5.74) is 7.61. The number of nitrogens with zero attached hydrogens (tertiary/aromatic N) is 5. The van der Waals surface area contributed by atoms with Crippen molar-refractivity contribution in [2.45, 2.75) is 20.4 Å². The topological polar surface area (TPSA) is 51.3 Å². The van der Waals surface area contributed by atoms with Crippen LogP contribution in [0, 0.1) is 0 Å². The first-order chi connectivity index (χ1) is 16.8. The van der Waals surface area contributed by atoms with Gasteiger partial charge < -0.3 is 14.8 Å². The number of nitrogens with one attached hydrogen (secondary N) is 1. The summed E-state index contributed by atoms with van der Waals surface area (Å²) >= 11 is 3.76. The molecule has 1 aliphatic heterocycles. The number of allylic oxidation sites excluding steroid dienone is 3. The first-order valence-electron chi connectivity index (χ1n) is 12.1. The van der Waals surface area contributed by atoms with Gasteiger partial charge in [-0.05, 0) is 55.0 Å². The van der Waals surface area contributed by atoms with Gasteiger partial charge in [0, 0.05) is 51.0 Å². The molecule has 0 unspecified atom stereocenters. The Morgan fingerprint density at radius 3 is 2.51 bits per heavy atom. The molecular weight excluding hydrogens is 500 g/mol. The third-order valence-corrected chi connectivity index (χ3v) is 6.66. The van der Waals surface area contributed by atoms with Gasteiger partial charge >= 0.3 is 0 Å². The van der Waals surface area contributed by atoms with Crippen LogP contribution in [0.4, 0.5) is 5.69 Å². The van der Waals surface area contributed by atoms with E-state index in [4.69, 9.17) is 4.98 Å². The number of piperazine rings is 1. The largest absolute Gasteiger partial charge is 0.366 e. The van der Waals surface area contributed by atoms with Crippen LogP contribution < -0.4 is 4.90 Å². The molecule has 4 rings (SSSR count). The fourth-order valence-corrected chi connectivity index (χ4v) is 5.12. The summed E-state index contributed by atoms with van der Waals surface area (Å²) in [7, 11) is 4.16. The number of hydrogen-bond donors (Lipinski definition) is 1. The van der Waals surface area contributed by atoms with Crippen LogP contribution in [-0.4, -0.2) is 71.6 Å². The number of aromatic nitrogens is 3. The summed E-state index contributed by atoms with van der Waals surface area (Å²) < 4.78 is 0.992. The molecule has 6 nitrogen and oxygen atoms in total. The Kier molecular flexibility index (Phi) is 8.21. The molecule has 35 heavy (non-hydrogen) atoms.